The van der Waals surface area contributed by atoms with Gasteiger partial charge in [0.2, 0.25) is 0 Å². The predicted molar refractivity (Wildman–Crippen MR) is 95.2 cm³/mol. The lowest BCUT2D eigenvalue weighted by molar-refractivity contribution is -0.136. The number of aliphatic hydroxyl groups is 1. The molecule has 3 rings (SSSR count). The number of nitrogens with zero attached hydrogens (tertiary/aromatic N) is 2. The van der Waals surface area contributed by atoms with Crippen molar-refractivity contribution in [2.75, 3.05) is 25.6 Å². The van der Waals surface area contributed by atoms with E-state index in [0.717, 1.165) is 0 Å². The van der Waals surface area contributed by atoms with Gasteiger partial charge in [-0.1, -0.05) is 0 Å². The number of carbonyl (C=O) groups excluding carboxylic acids is 2. The van der Waals surface area contributed by atoms with Gasteiger partial charge in [0.05, 0.1) is 36.6 Å². The Morgan fingerprint density at radius 3 is 2.56 bits per heavy atom. The van der Waals surface area contributed by atoms with Gasteiger partial charge in [0.15, 0.2) is 9.84 Å². The number of aromatic nitrogens is 2. The van der Waals surface area contributed by atoms with E-state index in [2.05, 4.69) is 15.7 Å². The van der Waals surface area contributed by atoms with Crippen molar-refractivity contribution in [1.82, 2.24) is 15.1 Å². The van der Waals surface area contributed by atoms with Crippen LogP contribution in [0.5, 0.6) is 5.75 Å². The molecule has 27 heavy (non-hydrogen) atoms. The third kappa shape index (κ3) is 3.93. The van der Waals surface area contributed by atoms with Gasteiger partial charge in [-0.15, -0.1) is 0 Å². The van der Waals surface area contributed by atoms with Crippen LogP contribution in [0.15, 0.2) is 24.3 Å². The second-order valence-electron chi connectivity index (χ2n) is 5.85. The molecule has 10 nitrogen and oxygen atoms in total. The molecule has 2 aromatic rings. The average molecular weight is 394 g/mol. The number of sulfone groups is 1. The molecule has 2 heterocycles. The van der Waals surface area contributed by atoms with Crippen molar-refractivity contribution >= 4 is 27.5 Å². The summed E-state index contributed by atoms with van der Waals surface area (Å²) in [6.45, 7) is -0.382. The normalized spacial score (nSPS) is 14.4. The number of rotatable bonds is 5. The molecule has 1 aliphatic heterocycles. The molecule has 1 aromatic heterocycles. The number of anilines is 1. The van der Waals surface area contributed by atoms with Crippen molar-refractivity contribution in [2.24, 2.45) is 0 Å². The minimum Gasteiger partial charge on any atom is -0.497 e. The summed E-state index contributed by atoms with van der Waals surface area (Å²) in [5, 5.41) is 17.7. The zero-order chi connectivity index (χ0) is 19.6. The Hall–Kier alpha value is -2.92. The van der Waals surface area contributed by atoms with Gasteiger partial charge in [0, 0.05) is 12.1 Å². The van der Waals surface area contributed by atoms with E-state index in [4.69, 9.17) is 9.84 Å². The molecule has 0 aliphatic carbocycles. The number of methoxy groups -OCH3 is 1. The standard InChI is InChI=1S/C16H18N4O6S/c1-26-11-4-2-10(3-5-11)20-14(18-16(23)15(22)17-6-7-21)12-8-27(24,25)9-13(12)19-20/h2-5,21H,6-9H2,1H3,(H,17,22)(H,18,23). The van der Waals surface area contributed by atoms with Gasteiger partial charge in [-0.2, -0.15) is 5.10 Å². The Morgan fingerprint density at radius 1 is 1.22 bits per heavy atom. The molecule has 0 spiro atoms. The summed E-state index contributed by atoms with van der Waals surface area (Å²) < 4.78 is 30.3. The monoisotopic (exact) mass is 394 g/mol. The lowest BCUT2D eigenvalue weighted by Gasteiger charge is -2.11. The zero-order valence-electron chi connectivity index (χ0n) is 14.4. The van der Waals surface area contributed by atoms with Crippen LogP contribution in [0, 0.1) is 0 Å². The first-order valence-corrected chi connectivity index (χ1v) is 9.82. The van der Waals surface area contributed by atoms with Crippen LogP contribution in [0.1, 0.15) is 11.3 Å². The van der Waals surface area contributed by atoms with E-state index in [1.54, 1.807) is 24.3 Å². The molecule has 0 bridgehead atoms. The molecule has 0 atom stereocenters. The second-order valence-corrected chi connectivity index (χ2v) is 7.91. The Balaban J connectivity index is 1.97. The van der Waals surface area contributed by atoms with Gasteiger partial charge < -0.3 is 20.5 Å². The largest absolute Gasteiger partial charge is 0.497 e. The SMILES string of the molecule is COc1ccc(-n2nc3c(c2NC(=O)C(=O)NCCO)CS(=O)(=O)C3)cc1. The zero-order valence-corrected chi connectivity index (χ0v) is 15.2. The van der Waals surface area contributed by atoms with E-state index in [0.29, 0.717) is 22.7 Å². The van der Waals surface area contributed by atoms with E-state index in [1.165, 1.54) is 11.8 Å². The van der Waals surface area contributed by atoms with Gasteiger partial charge in [0.1, 0.15) is 11.6 Å². The average Bonchev–Trinajstić information content (AvgIpc) is 3.12. The van der Waals surface area contributed by atoms with Crippen LogP contribution in [-0.2, 0) is 30.9 Å². The second kappa shape index (κ2) is 7.37. The highest BCUT2D eigenvalue weighted by molar-refractivity contribution is 7.90. The minimum absolute atomic E-state index is 0.0729. The lowest BCUT2D eigenvalue weighted by Crippen LogP contribution is -2.37. The third-order valence-electron chi connectivity index (χ3n) is 3.94. The molecular formula is C16H18N4O6S. The molecular weight excluding hydrogens is 376 g/mol. The van der Waals surface area contributed by atoms with Gasteiger partial charge in [0.25, 0.3) is 0 Å². The summed E-state index contributed by atoms with van der Waals surface area (Å²) in [6, 6.07) is 6.77. The van der Waals surface area contributed by atoms with Gasteiger partial charge in [-0.05, 0) is 24.3 Å². The fourth-order valence-corrected chi connectivity index (χ4v) is 4.19. The Morgan fingerprint density at radius 2 is 1.93 bits per heavy atom. The van der Waals surface area contributed by atoms with Crippen molar-refractivity contribution in [1.29, 1.82) is 0 Å². The van der Waals surface area contributed by atoms with E-state index in [-0.39, 0.29) is 30.5 Å². The van der Waals surface area contributed by atoms with Gasteiger partial charge in [-0.25, -0.2) is 13.1 Å². The molecule has 0 saturated heterocycles. The molecule has 11 heteroatoms. The maximum absolute atomic E-state index is 12.1. The predicted octanol–water partition coefficient (Wildman–Crippen LogP) is -0.644. The Bertz CT molecular complexity index is 981. The number of hydrogen-bond donors (Lipinski definition) is 3. The summed E-state index contributed by atoms with van der Waals surface area (Å²) in [5.74, 6) is -1.68. The fourth-order valence-electron chi connectivity index (χ4n) is 2.70. The number of benzene rings is 1. The van der Waals surface area contributed by atoms with E-state index >= 15 is 0 Å². The van der Waals surface area contributed by atoms with Crippen LogP contribution in [0.2, 0.25) is 0 Å². The van der Waals surface area contributed by atoms with E-state index < -0.39 is 21.7 Å². The topological polar surface area (TPSA) is 140 Å². The number of fused-ring (bicyclic) bond motifs is 1. The van der Waals surface area contributed by atoms with Crippen LogP contribution in [0.25, 0.3) is 5.69 Å². The van der Waals surface area contributed by atoms with Crippen molar-refractivity contribution in [3.63, 3.8) is 0 Å². The first-order chi connectivity index (χ1) is 12.8. The van der Waals surface area contributed by atoms with Crippen LogP contribution in [-0.4, -0.2) is 55.4 Å². The fraction of sp³-hybridized carbons (Fsp3) is 0.312. The summed E-state index contributed by atoms with van der Waals surface area (Å²) in [7, 11) is -1.82. The number of aliphatic hydroxyl groups excluding tert-OH is 1. The van der Waals surface area contributed by atoms with Crippen molar-refractivity contribution in [2.45, 2.75) is 11.5 Å². The highest BCUT2D eigenvalue weighted by Crippen LogP contribution is 2.33. The highest BCUT2D eigenvalue weighted by Gasteiger charge is 2.33. The Labute approximate surface area is 155 Å². The number of carbonyl (C=O) groups is 2. The molecule has 144 valence electrons. The first kappa shape index (κ1) is 18.9. The summed E-state index contributed by atoms with van der Waals surface area (Å²) in [4.78, 5) is 23.9. The molecule has 0 fully saturated rings. The van der Waals surface area contributed by atoms with Crippen molar-refractivity contribution in [3.8, 4) is 11.4 Å². The smallest absolute Gasteiger partial charge is 0.314 e. The van der Waals surface area contributed by atoms with E-state index in [9.17, 15) is 18.0 Å². The van der Waals surface area contributed by atoms with Gasteiger partial charge >= 0.3 is 11.8 Å². The molecule has 0 radical (unpaired) electrons. The number of nitrogens with one attached hydrogen (secondary N) is 2. The third-order valence-corrected chi connectivity index (χ3v) is 5.38. The van der Waals surface area contributed by atoms with Crippen molar-refractivity contribution in [3.05, 3.63) is 35.5 Å². The molecule has 0 unspecified atom stereocenters. The van der Waals surface area contributed by atoms with Gasteiger partial charge in [-0.3, -0.25) is 9.59 Å². The van der Waals surface area contributed by atoms with E-state index in [1.807, 2.05) is 0 Å². The van der Waals surface area contributed by atoms with Crippen LogP contribution in [0.3, 0.4) is 0 Å². The van der Waals surface area contributed by atoms with Crippen LogP contribution >= 0.6 is 0 Å². The minimum atomic E-state index is -3.35. The number of hydrogen-bond acceptors (Lipinski definition) is 7. The Kier molecular flexibility index (Phi) is 5.15. The molecule has 0 saturated carbocycles. The first-order valence-electron chi connectivity index (χ1n) is 8.00. The molecule has 1 aromatic carbocycles. The van der Waals surface area contributed by atoms with Crippen molar-refractivity contribution < 1.29 is 27.9 Å². The number of ether oxygens (including phenoxy) is 1. The number of amides is 2. The maximum atomic E-state index is 12.1. The summed E-state index contributed by atoms with van der Waals surface area (Å²) in [5.41, 5.74) is 1.25. The molecule has 1 aliphatic rings. The highest BCUT2D eigenvalue weighted by atomic mass is 32.2. The quantitative estimate of drug-likeness (QED) is 0.573. The molecule has 3 N–H and O–H groups in total. The molecule has 2 amide bonds. The van der Waals surface area contributed by atoms with Crippen LogP contribution < -0.4 is 15.4 Å². The lowest BCUT2D eigenvalue weighted by atomic mass is 10.2. The maximum Gasteiger partial charge on any atom is 0.314 e. The van der Waals surface area contributed by atoms with Crippen LogP contribution in [0.4, 0.5) is 5.82 Å². The summed E-state index contributed by atoms with van der Waals surface area (Å²) >= 11 is 0. The summed E-state index contributed by atoms with van der Waals surface area (Å²) in [6.07, 6.45) is 0.